The number of guanidine groups is 1. The Morgan fingerprint density at radius 3 is 1.93 bits per heavy atom. The van der Waals surface area contributed by atoms with Crippen molar-refractivity contribution >= 4 is 5.96 Å². The molecule has 0 radical (unpaired) electrons. The van der Waals surface area contributed by atoms with Crippen LogP contribution < -0.4 is 0 Å². The van der Waals surface area contributed by atoms with E-state index in [4.69, 9.17) is 5.41 Å². The highest BCUT2D eigenvalue weighted by Gasteiger charge is 2.16. The van der Waals surface area contributed by atoms with Gasteiger partial charge in [0.05, 0.1) is 0 Å². The average molecular weight is 197 g/mol. The first-order valence-electron chi connectivity index (χ1n) is 5.14. The van der Waals surface area contributed by atoms with Gasteiger partial charge in [0.2, 0.25) is 0 Å². The quantitative estimate of drug-likeness (QED) is 0.556. The van der Waals surface area contributed by atoms with Crippen molar-refractivity contribution in [3.05, 3.63) is 12.3 Å². The molecule has 0 aromatic heterocycles. The first-order valence-corrected chi connectivity index (χ1v) is 5.14. The number of nitrogens with zero attached hydrogens (tertiary/aromatic N) is 2. The Labute approximate surface area is 87.9 Å². The Kier molecular flexibility index (Phi) is 5.28. The summed E-state index contributed by atoms with van der Waals surface area (Å²) in [6.45, 7) is 10.3. The van der Waals surface area contributed by atoms with Gasteiger partial charge in [-0.15, -0.1) is 0 Å². The molecule has 0 atom stereocenters. The number of hydrogen-bond donors (Lipinski definition) is 1. The van der Waals surface area contributed by atoms with E-state index < -0.39 is 0 Å². The molecule has 0 aliphatic heterocycles. The van der Waals surface area contributed by atoms with Crippen LogP contribution in [0.3, 0.4) is 0 Å². The highest BCUT2D eigenvalue weighted by atomic mass is 15.4. The second-order valence-electron chi connectivity index (χ2n) is 4.01. The van der Waals surface area contributed by atoms with Crippen molar-refractivity contribution < 1.29 is 0 Å². The lowest BCUT2D eigenvalue weighted by Crippen LogP contribution is -2.45. The van der Waals surface area contributed by atoms with Gasteiger partial charge in [0.1, 0.15) is 0 Å². The van der Waals surface area contributed by atoms with E-state index in [2.05, 4.69) is 27.7 Å². The molecule has 0 aromatic rings. The van der Waals surface area contributed by atoms with Crippen molar-refractivity contribution in [2.45, 2.75) is 46.7 Å². The maximum absolute atomic E-state index is 8.02. The molecule has 0 saturated carbocycles. The molecule has 1 N–H and O–H groups in total. The van der Waals surface area contributed by atoms with Crippen molar-refractivity contribution in [1.29, 1.82) is 5.41 Å². The Bertz CT molecular complexity index is 207. The molecule has 0 unspecified atom stereocenters. The van der Waals surface area contributed by atoms with Gasteiger partial charge in [0.15, 0.2) is 5.96 Å². The summed E-state index contributed by atoms with van der Waals surface area (Å²) in [4.78, 5) is 3.92. The van der Waals surface area contributed by atoms with E-state index in [9.17, 15) is 0 Å². The second-order valence-corrected chi connectivity index (χ2v) is 4.01. The maximum Gasteiger partial charge on any atom is 0.198 e. The van der Waals surface area contributed by atoms with Crippen LogP contribution >= 0.6 is 0 Å². The molecular formula is C11H23N3. The van der Waals surface area contributed by atoms with Gasteiger partial charge in [-0.2, -0.15) is 0 Å². The number of nitrogens with one attached hydrogen (secondary N) is 1. The third kappa shape index (κ3) is 3.40. The van der Waals surface area contributed by atoms with Gasteiger partial charge in [-0.3, -0.25) is 5.41 Å². The van der Waals surface area contributed by atoms with E-state index in [1.807, 2.05) is 36.0 Å². The zero-order chi connectivity index (χ0) is 11.3. The van der Waals surface area contributed by atoms with E-state index in [1.54, 1.807) is 0 Å². The fraction of sp³-hybridized carbons (Fsp3) is 0.727. The molecule has 0 amide bonds. The molecule has 0 rings (SSSR count). The molecule has 3 heteroatoms. The molecule has 0 aliphatic carbocycles. The van der Waals surface area contributed by atoms with Crippen molar-refractivity contribution in [3.63, 3.8) is 0 Å². The van der Waals surface area contributed by atoms with Gasteiger partial charge in [-0.05, 0) is 34.6 Å². The smallest absolute Gasteiger partial charge is 0.198 e. The Morgan fingerprint density at radius 1 is 1.14 bits per heavy atom. The molecule has 3 nitrogen and oxygen atoms in total. The van der Waals surface area contributed by atoms with Crippen molar-refractivity contribution in [2.75, 3.05) is 7.05 Å². The first-order chi connectivity index (χ1) is 6.41. The summed E-state index contributed by atoms with van der Waals surface area (Å²) in [5.41, 5.74) is 0. The molecule has 0 saturated heterocycles. The van der Waals surface area contributed by atoms with E-state index in [-0.39, 0.29) is 0 Å². The van der Waals surface area contributed by atoms with E-state index in [0.29, 0.717) is 18.0 Å². The lowest BCUT2D eigenvalue weighted by molar-refractivity contribution is 0.329. The third-order valence-corrected chi connectivity index (χ3v) is 2.22. The predicted octanol–water partition coefficient (Wildman–Crippen LogP) is 2.51. The maximum atomic E-state index is 8.02. The Balaban J connectivity index is 4.60. The van der Waals surface area contributed by atoms with Gasteiger partial charge in [-0.1, -0.05) is 6.08 Å². The Morgan fingerprint density at radius 2 is 1.64 bits per heavy atom. The van der Waals surface area contributed by atoms with E-state index in [1.165, 1.54) is 0 Å². The number of hydrogen-bond acceptors (Lipinski definition) is 1. The number of allylic oxidation sites excluding steroid dienone is 1. The lowest BCUT2D eigenvalue weighted by Gasteiger charge is -2.33. The van der Waals surface area contributed by atoms with Crippen molar-refractivity contribution in [3.8, 4) is 0 Å². The third-order valence-electron chi connectivity index (χ3n) is 2.22. The zero-order valence-corrected chi connectivity index (χ0v) is 10.2. The monoisotopic (exact) mass is 197 g/mol. The van der Waals surface area contributed by atoms with Crippen LogP contribution in [0.1, 0.15) is 34.6 Å². The fourth-order valence-corrected chi connectivity index (χ4v) is 1.07. The largest absolute Gasteiger partial charge is 0.343 e. The van der Waals surface area contributed by atoms with Gasteiger partial charge < -0.3 is 9.80 Å². The standard InChI is InChI=1S/C11H23N3/c1-7-8-14(10(4)5)11(12)13(6)9(2)3/h7-10,12H,1-6H3/b8-7-,12-11?. The molecule has 0 aliphatic rings. The minimum Gasteiger partial charge on any atom is -0.343 e. The van der Waals surface area contributed by atoms with Gasteiger partial charge in [0, 0.05) is 25.3 Å². The second kappa shape index (κ2) is 5.68. The molecule has 14 heavy (non-hydrogen) atoms. The minimum atomic E-state index is 0.319. The summed E-state index contributed by atoms with van der Waals surface area (Å²) in [5.74, 6) is 0.549. The van der Waals surface area contributed by atoms with Crippen LogP contribution in [0.5, 0.6) is 0 Å². The highest BCUT2D eigenvalue weighted by molar-refractivity contribution is 5.78. The van der Waals surface area contributed by atoms with Crippen molar-refractivity contribution in [2.24, 2.45) is 0 Å². The van der Waals surface area contributed by atoms with Crippen LogP contribution in [0, 0.1) is 5.41 Å². The molecule has 82 valence electrons. The summed E-state index contributed by atoms with van der Waals surface area (Å²) >= 11 is 0. The number of rotatable bonds is 3. The fourth-order valence-electron chi connectivity index (χ4n) is 1.07. The van der Waals surface area contributed by atoms with Crippen molar-refractivity contribution in [1.82, 2.24) is 9.80 Å². The minimum absolute atomic E-state index is 0.319. The van der Waals surface area contributed by atoms with Crippen LogP contribution in [0.15, 0.2) is 12.3 Å². The van der Waals surface area contributed by atoms with Gasteiger partial charge in [0.25, 0.3) is 0 Å². The van der Waals surface area contributed by atoms with Gasteiger partial charge in [-0.25, -0.2) is 0 Å². The topological polar surface area (TPSA) is 30.3 Å². The van der Waals surface area contributed by atoms with Crippen LogP contribution in [0.25, 0.3) is 0 Å². The zero-order valence-electron chi connectivity index (χ0n) is 10.2. The van der Waals surface area contributed by atoms with Crippen LogP contribution in [0.4, 0.5) is 0 Å². The summed E-state index contributed by atoms with van der Waals surface area (Å²) in [6.07, 6.45) is 3.91. The molecule has 0 fully saturated rings. The van der Waals surface area contributed by atoms with Crippen LogP contribution in [0.2, 0.25) is 0 Å². The van der Waals surface area contributed by atoms with E-state index >= 15 is 0 Å². The van der Waals surface area contributed by atoms with Crippen LogP contribution in [-0.4, -0.2) is 34.9 Å². The molecule has 0 bridgehead atoms. The first kappa shape index (κ1) is 13.0. The molecular weight excluding hydrogens is 174 g/mol. The summed E-state index contributed by atoms with van der Waals surface area (Å²) in [5, 5.41) is 8.02. The normalized spacial score (nSPS) is 11.4. The lowest BCUT2D eigenvalue weighted by atomic mass is 10.3. The molecule has 0 spiro atoms. The Hall–Kier alpha value is -0.990. The molecule has 0 aromatic carbocycles. The summed E-state index contributed by atoms with van der Waals surface area (Å²) in [6, 6.07) is 0.675. The molecule has 0 heterocycles. The highest BCUT2D eigenvalue weighted by Crippen LogP contribution is 2.05. The predicted molar refractivity (Wildman–Crippen MR) is 62.4 cm³/mol. The SMILES string of the molecule is C/C=C\N(C(=N)N(C)C(C)C)C(C)C. The van der Waals surface area contributed by atoms with E-state index in [0.717, 1.165) is 0 Å². The summed E-state index contributed by atoms with van der Waals surface area (Å²) in [7, 11) is 1.95. The summed E-state index contributed by atoms with van der Waals surface area (Å²) < 4.78 is 0. The average Bonchev–Trinajstić information content (AvgIpc) is 2.11. The van der Waals surface area contributed by atoms with Crippen LogP contribution in [-0.2, 0) is 0 Å². The van der Waals surface area contributed by atoms with Gasteiger partial charge >= 0.3 is 0 Å².